The number of piperazine rings is 1. The normalized spacial score (nSPS) is 16.4. The van der Waals surface area contributed by atoms with Crippen LogP contribution in [-0.4, -0.2) is 53.3 Å². The van der Waals surface area contributed by atoms with Crippen molar-refractivity contribution in [2.45, 2.75) is 13.0 Å². The van der Waals surface area contributed by atoms with E-state index in [-0.39, 0.29) is 51.2 Å². The number of pyridine rings is 1. The van der Waals surface area contributed by atoms with Gasteiger partial charge in [-0.1, -0.05) is 0 Å². The van der Waals surface area contributed by atoms with Crippen LogP contribution in [0, 0.1) is 19.1 Å². The summed E-state index contributed by atoms with van der Waals surface area (Å²) in [6.07, 6.45) is 1.10. The molecule has 0 saturated carbocycles. The predicted molar refractivity (Wildman–Crippen MR) is 117 cm³/mol. The van der Waals surface area contributed by atoms with E-state index in [0.717, 1.165) is 43.7 Å². The number of anilines is 1. The van der Waals surface area contributed by atoms with Gasteiger partial charge in [0.05, 0.1) is 11.2 Å². The molecule has 1 fully saturated rings. The molecule has 2 heterocycles. The van der Waals surface area contributed by atoms with Crippen LogP contribution in [0.25, 0.3) is 16.6 Å². The van der Waals surface area contributed by atoms with Gasteiger partial charge in [0.1, 0.15) is 17.2 Å². The average molecular weight is 517 g/mol. The standard InChI is InChI=1S/C22H21F2N3O3.CH3.Y/c1-13-11-26(8-7-25(13)2)15-4-5-16-20(10-15)27(12-17(21(16)28)22(29)30)19-6-3-14(23)9-18(19)24;;/h3-6,9-10,12-13H,7-8,11H2,1-2H3,(H,29,30);1H3;/q;-1;. The summed E-state index contributed by atoms with van der Waals surface area (Å²) in [7, 11) is 2.06. The molecule has 0 spiro atoms. The minimum Gasteiger partial charge on any atom is -0.477 e. The fraction of sp³-hybridized carbons (Fsp3) is 0.261. The van der Waals surface area contributed by atoms with Gasteiger partial charge in [0, 0.05) is 81.7 Å². The molecule has 1 unspecified atom stereocenters. The summed E-state index contributed by atoms with van der Waals surface area (Å²) in [5, 5.41) is 9.60. The Hall–Kier alpha value is -2.16. The Morgan fingerprint density at radius 1 is 1.12 bits per heavy atom. The van der Waals surface area contributed by atoms with E-state index in [1.54, 1.807) is 18.2 Å². The third-order valence-electron chi connectivity index (χ3n) is 5.71. The number of fused-ring (bicyclic) bond motifs is 1. The minimum absolute atomic E-state index is 0. The second-order valence-electron chi connectivity index (χ2n) is 7.62. The van der Waals surface area contributed by atoms with Gasteiger partial charge in [0.15, 0.2) is 0 Å². The van der Waals surface area contributed by atoms with Crippen molar-refractivity contribution in [1.82, 2.24) is 9.47 Å². The Balaban J connectivity index is 0.00000181. The van der Waals surface area contributed by atoms with Crippen molar-refractivity contribution < 1.29 is 51.4 Å². The third-order valence-corrected chi connectivity index (χ3v) is 5.71. The number of nitrogens with zero attached hydrogens (tertiary/aromatic N) is 3. The van der Waals surface area contributed by atoms with Gasteiger partial charge >= 0.3 is 5.97 Å². The molecule has 2 aromatic carbocycles. The Labute approximate surface area is 210 Å². The molecule has 1 N–H and O–H groups in total. The second kappa shape index (κ2) is 10.2. The van der Waals surface area contributed by atoms with E-state index >= 15 is 0 Å². The first-order valence-electron chi connectivity index (χ1n) is 9.59. The molecule has 4 rings (SSSR count). The average Bonchev–Trinajstić information content (AvgIpc) is 2.70. The van der Waals surface area contributed by atoms with E-state index in [2.05, 4.69) is 23.8 Å². The van der Waals surface area contributed by atoms with Crippen LogP contribution in [-0.2, 0) is 32.7 Å². The zero-order chi connectivity index (χ0) is 21.6. The summed E-state index contributed by atoms with van der Waals surface area (Å²) in [5.41, 5.74) is 0.0512. The smallest absolute Gasteiger partial charge is 0.341 e. The summed E-state index contributed by atoms with van der Waals surface area (Å²) in [5.74, 6) is -3.00. The van der Waals surface area contributed by atoms with Crippen LogP contribution in [0.1, 0.15) is 17.3 Å². The van der Waals surface area contributed by atoms with Crippen molar-refractivity contribution in [1.29, 1.82) is 0 Å². The van der Waals surface area contributed by atoms with Crippen LogP contribution < -0.4 is 10.3 Å². The Morgan fingerprint density at radius 2 is 1.84 bits per heavy atom. The summed E-state index contributed by atoms with van der Waals surface area (Å²) in [6.45, 7) is 4.56. The predicted octanol–water partition coefficient (Wildman–Crippen LogP) is 3.56. The van der Waals surface area contributed by atoms with Gasteiger partial charge in [-0.25, -0.2) is 13.6 Å². The van der Waals surface area contributed by atoms with Gasteiger partial charge in [-0.2, -0.15) is 0 Å². The summed E-state index contributed by atoms with van der Waals surface area (Å²) >= 11 is 0. The first-order chi connectivity index (χ1) is 14.3. The molecule has 0 amide bonds. The number of rotatable bonds is 3. The molecule has 167 valence electrons. The van der Waals surface area contributed by atoms with E-state index < -0.39 is 28.6 Å². The molecule has 3 aromatic rings. The maximum absolute atomic E-state index is 14.5. The molecule has 32 heavy (non-hydrogen) atoms. The van der Waals surface area contributed by atoms with Gasteiger partial charge in [0.2, 0.25) is 5.43 Å². The topological polar surface area (TPSA) is 65.8 Å². The third kappa shape index (κ3) is 4.77. The van der Waals surface area contributed by atoms with Crippen molar-refractivity contribution in [3.63, 3.8) is 0 Å². The molecule has 0 aliphatic carbocycles. The number of hydrogen-bond donors (Lipinski definition) is 1. The van der Waals surface area contributed by atoms with Crippen LogP contribution >= 0.6 is 0 Å². The molecule has 6 nitrogen and oxygen atoms in total. The number of benzene rings is 2. The maximum atomic E-state index is 14.5. The molecule has 1 aliphatic rings. The van der Waals surface area contributed by atoms with Crippen LogP contribution in [0.3, 0.4) is 0 Å². The molecular weight excluding hydrogens is 493 g/mol. The van der Waals surface area contributed by atoms with Crippen molar-refractivity contribution in [2.75, 3.05) is 31.6 Å². The Morgan fingerprint density at radius 3 is 2.47 bits per heavy atom. The number of hydrogen-bond acceptors (Lipinski definition) is 4. The first-order valence-corrected chi connectivity index (χ1v) is 9.59. The molecule has 1 radical (unpaired) electrons. The number of halogens is 2. The molecule has 1 atom stereocenters. The zero-order valence-corrected chi connectivity index (χ0v) is 21.0. The molecule has 1 saturated heterocycles. The van der Waals surface area contributed by atoms with Gasteiger partial charge in [-0.3, -0.25) is 4.79 Å². The van der Waals surface area contributed by atoms with E-state index in [4.69, 9.17) is 0 Å². The molecular formula is C23H24F2N3O3Y-. The largest absolute Gasteiger partial charge is 0.477 e. The van der Waals surface area contributed by atoms with Crippen LogP contribution in [0.2, 0.25) is 0 Å². The number of carboxylic acids is 1. The molecule has 0 bridgehead atoms. The van der Waals surface area contributed by atoms with Crippen LogP contribution in [0.4, 0.5) is 14.5 Å². The van der Waals surface area contributed by atoms with E-state index in [0.29, 0.717) is 11.6 Å². The fourth-order valence-electron chi connectivity index (χ4n) is 3.82. The van der Waals surface area contributed by atoms with Crippen LogP contribution in [0.15, 0.2) is 47.4 Å². The zero-order valence-electron chi connectivity index (χ0n) is 18.2. The number of aromatic nitrogens is 1. The van der Waals surface area contributed by atoms with Gasteiger partial charge in [-0.05, 0) is 44.3 Å². The van der Waals surface area contributed by atoms with E-state index in [1.807, 2.05) is 0 Å². The maximum Gasteiger partial charge on any atom is 0.341 e. The van der Waals surface area contributed by atoms with E-state index in [9.17, 15) is 23.5 Å². The molecule has 1 aromatic heterocycles. The number of likely N-dealkylation sites (N-methyl/N-ethyl adjacent to an activating group) is 1. The fourth-order valence-corrected chi connectivity index (χ4v) is 3.82. The molecule has 9 heteroatoms. The first kappa shape index (κ1) is 26.1. The van der Waals surface area contributed by atoms with Crippen molar-refractivity contribution in [2.24, 2.45) is 0 Å². The van der Waals surface area contributed by atoms with Crippen LogP contribution in [0.5, 0.6) is 0 Å². The summed E-state index contributed by atoms with van der Waals surface area (Å²) < 4.78 is 29.3. The number of carboxylic acid groups (broad SMARTS) is 1. The van der Waals surface area contributed by atoms with Crippen molar-refractivity contribution in [3.8, 4) is 5.69 Å². The summed E-state index contributed by atoms with van der Waals surface area (Å²) in [6, 6.07) is 8.48. The van der Waals surface area contributed by atoms with Gasteiger partial charge in [-0.15, -0.1) is 0 Å². The van der Waals surface area contributed by atoms with E-state index in [1.165, 1.54) is 10.6 Å². The van der Waals surface area contributed by atoms with Gasteiger partial charge in [0.25, 0.3) is 0 Å². The van der Waals surface area contributed by atoms with Crippen molar-refractivity contribution >= 4 is 22.6 Å². The second-order valence-corrected chi connectivity index (χ2v) is 7.62. The quantitative estimate of drug-likeness (QED) is 0.539. The molecule has 1 aliphatic heterocycles. The Bertz CT molecular complexity index is 1220. The monoisotopic (exact) mass is 517 g/mol. The minimum atomic E-state index is -1.41. The van der Waals surface area contributed by atoms with Crippen molar-refractivity contribution in [3.05, 3.63) is 77.4 Å². The SMILES string of the molecule is CC1CN(c2ccc3c(=O)c(C(=O)O)cn(-c4ccc(F)cc4F)c3c2)CCN1C.[CH3-].[Y]. The Kier molecular flexibility index (Phi) is 8.31. The number of carbonyl (C=O) groups is 1. The van der Waals surface area contributed by atoms with Gasteiger partial charge < -0.3 is 26.9 Å². The summed E-state index contributed by atoms with van der Waals surface area (Å²) in [4.78, 5) is 28.7. The number of aromatic carboxylic acids is 1.